The molecule has 0 fully saturated rings. The number of hydrazine groups is 2. The zero-order valence-corrected chi connectivity index (χ0v) is 28.5. The van der Waals surface area contributed by atoms with Gasteiger partial charge in [0.05, 0.1) is 60.8 Å². The predicted molar refractivity (Wildman–Crippen MR) is 184 cm³/mol. The fraction of sp³-hybridized carbons (Fsp3) is 0.294. The molecular formula is C34H41N7O5S. The van der Waals surface area contributed by atoms with Gasteiger partial charge in [-0.25, -0.2) is 13.4 Å². The first-order chi connectivity index (χ1) is 22.2. The molecule has 4 aromatic rings. The normalized spacial score (nSPS) is 13.3. The lowest BCUT2D eigenvalue weighted by Crippen LogP contribution is -2.36. The van der Waals surface area contributed by atoms with Gasteiger partial charge in [0.25, 0.3) is 5.91 Å². The fourth-order valence-electron chi connectivity index (χ4n) is 5.10. The molecule has 0 unspecified atom stereocenters. The van der Waals surface area contributed by atoms with Crippen LogP contribution in [-0.2, 0) is 40.4 Å². The predicted octanol–water partition coefficient (Wildman–Crippen LogP) is 5.20. The monoisotopic (exact) mass is 659 g/mol. The largest absolute Gasteiger partial charge is 0.492 e. The number of hydrogen-bond donors (Lipinski definition) is 4. The van der Waals surface area contributed by atoms with Crippen LogP contribution in [0.25, 0.3) is 5.70 Å². The number of nitrogens with zero attached hydrogens (tertiary/aromatic N) is 3. The maximum absolute atomic E-state index is 13.6. The van der Waals surface area contributed by atoms with Gasteiger partial charge in [0, 0.05) is 12.6 Å². The Morgan fingerprint density at radius 3 is 2.43 bits per heavy atom. The minimum atomic E-state index is -3.61. The maximum Gasteiger partial charge on any atom is 0.255 e. The summed E-state index contributed by atoms with van der Waals surface area (Å²) in [7, 11) is -0.245. The van der Waals surface area contributed by atoms with Crippen LogP contribution in [-0.4, -0.2) is 37.2 Å². The van der Waals surface area contributed by atoms with Gasteiger partial charge in [-0.1, -0.05) is 57.2 Å². The van der Waals surface area contributed by atoms with Crippen LogP contribution in [0.15, 0.2) is 73.1 Å². The minimum absolute atomic E-state index is 0.211. The highest BCUT2D eigenvalue weighted by Gasteiger charge is 2.24. The molecule has 3 aromatic carbocycles. The lowest BCUT2D eigenvalue weighted by molar-refractivity contribution is 0.0999. The zero-order valence-electron chi connectivity index (χ0n) is 27.6. The first-order valence-electron chi connectivity index (χ1n) is 15.0. The number of carbonyl (C=O) groups is 1. The van der Waals surface area contributed by atoms with E-state index in [-0.39, 0.29) is 22.8 Å². The number of nitrogens with one attached hydrogen (secondary N) is 4. The van der Waals surface area contributed by atoms with Crippen molar-refractivity contribution in [3.63, 3.8) is 0 Å². The third-order valence-electron chi connectivity index (χ3n) is 7.71. The Kier molecular flexibility index (Phi) is 9.61. The van der Waals surface area contributed by atoms with E-state index in [2.05, 4.69) is 26.0 Å². The van der Waals surface area contributed by atoms with Gasteiger partial charge in [0.2, 0.25) is 10.0 Å². The second-order valence-corrected chi connectivity index (χ2v) is 14.2. The SMILES string of the molecule is COc1c(NC(=O)c2ccc(C)c(N3C=C(c4cnc(COCc5ccccc5)n4C)NN3)c2)cc(C(C)(C)C)cc1NS(C)(=O)=O. The molecule has 1 amide bonds. The first-order valence-corrected chi connectivity index (χ1v) is 16.9. The van der Waals surface area contributed by atoms with Crippen molar-refractivity contribution in [2.75, 3.05) is 28.4 Å². The molecule has 47 heavy (non-hydrogen) atoms. The van der Waals surface area contributed by atoms with E-state index >= 15 is 0 Å². The summed E-state index contributed by atoms with van der Waals surface area (Å²) in [5.41, 5.74) is 12.2. The van der Waals surface area contributed by atoms with Gasteiger partial charge in [-0.15, -0.1) is 5.53 Å². The zero-order chi connectivity index (χ0) is 33.9. The maximum atomic E-state index is 13.6. The molecule has 248 valence electrons. The molecule has 0 saturated carbocycles. The molecule has 4 N–H and O–H groups in total. The number of aryl methyl sites for hydroxylation is 1. The highest BCUT2D eigenvalue weighted by atomic mass is 32.2. The van der Waals surface area contributed by atoms with Crippen LogP contribution in [0.2, 0.25) is 0 Å². The van der Waals surface area contributed by atoms with E-state index in [1.165, 1.54) is 7.11 Å². The molecule has 1 aliphatic heterocycles. The molecule has 0 aliphatic carbocycles. The Morgan fingerprint density at radius 2 is 1.74 bits per heavy atom. The van der Waals surface area contributed by atoms with E-state index in [1.54, 1.807) is 35.5 Å². The van der Waals surface area contributed by atoms with Gasteiger partial charge in [-0.05, 0) is 53.3 Å². The molecule has 1 aromatic heterocycles. The Bertz CT molecular complexity index is 1910. The number of hydrogen-bond acceptors (Lipinski definition) is 9. The smallest absolute Gasteiger partial charge is 0.255 e. The van der Waals surface area contributed by atoms with E-state index in [1.807, 2.05) is 81.9 Å². The average Bonchev–Trinajstić information content (AvgIpc) is 3.63. The van der Waals surface area contributed by atoms with Gasteiger partial charge in [-0.3, -0.25) is 20.0 Å². The van der Waals surface area contributed by atoms with Crippen molar-refractivity contribution >= 4 is 38.7 Å². The second-order valence-electron chi connectivity index (χ2n) is 12.4. The molecule has 0 radical (unpaired) electrons. The van der Waals surface area contributed by atoms with Gasteiger partial charge < -0.3 is 19.4 Å². The van der Waals surface area contributed by atoms with Crippen LogP contribution < -0.4 is 30.7 Å². The third-order valence-corrected chi connectivity index (χ3v) is 8.30. The number of ether oxygens (including phenoxy) is 2. The number of imidazole rings is 1. The van der Waals surface area contributed by atoms with Gasteiger partial charge in [0.15, 0.2) is 5.75 Å². The van der Waals surface area contributed by atoms with Crippen molar-refractivity contribution < 1.29 is 22.7 Å². The number of benzene rings is 3. The molecular weight excluding hydrogens is 618 g/mol. The molecule has 1 aliphatic rings. The summed E-state index contributed by atoms with van der Waals surface area (Å²) in [6.07, 6.45) is 4.75. The molecule has 0 atom stereocenters. The second kappa shape index (κ2) is 13.5. The van der Waals surface area contributed by atoms with Gasteiger partial charge in [-0.2, -0.15) is 0 Å². The topological polar surface area (TPSA) is 139 Å². The number of amides is 1. The summed E-state index contributed by atoms with van der Waals surface area (Å²) >= 11 is 0. The van der Waals surface area contributed by atoms with Crippen molar-refractivity contribution in [2.45, 2.75) is 46.3 Å². The first kappa shape index (κ1) is 33.5. The molecule has 5 rings (SSSR count). The number of anilines is 3. The van der Waals surface area contributed by atoms with Crippen molar-refractivity contribution in [2.24, 2.45) is 7.05 Å². The van der Waals surface area contributed by atoms with Crippen molar-refractivity contribution in [3.8, 4) is 5.75 Å². The number of sulfonamides is 1. The standard InChI is InChI=1S/C34H41N7O5S/c1-22-13-14-24(33(42)36-26-16-25(34(2,3)4)17-27(32(26)45-6)38-47(7,43)44)15-29(22)41-19-28(37-39-41)30-18-35-31(40(30)5)21-46-20-23-11-9-8-10-12-23/h8-19,37-39H,20-21H2,1-7H3,(H,36,42). The summed E-state index contributed by atoms with van der Waals surface area (Å²) in [5, 5.41) is 4.73. The molecule has 0 bridgehead atoms. The Morgan fingerprint density at radius 1 is 1.02 bits per heavy atom. The minimum Gasteiger partial charge on any atom is -0.492 e. The summed E-state index contributed by atoms with van der Waals surface area (Å²) in [5.74, 6) is 0.611. The van der Waals surface area contributed by atoms with E-state index in [0.717, 1.165) is 45.8 Å². The highest BCUT2D eigenvalue weighted by Crippen LogP contribution is 2.39. The quantitative estimate of drug-likeness (QED) is 0.171. The van der Waals surface area contributed by atoms with E-state index in [9.17, 15) is 13.2 Å². The highest BCUT2D eigenvalue weighted by molar-refractivity contribution is 7.92. The van der Waals surface area contributed by atoms with Crippen LogP contribution in [0.3, 0.4) is 0 Å². The summed E-state index contributed by atoms with van der Waals surface area (Å²) in [4.78, 5) is 18.2. The number of aromatic nitrogens is 2. The van der Waals surface area contributed by atoms with Crippen molar-refractivity contribution in [1.29, 1.82) is 0 Å². The van der Waals surface area contributed by atoms with Crippen LogP contribution in [0, 0.1) is 6.92 Å². The van der Waals surface area contributed by atoms with Crippen LogP contribution >= 0.6 is 0 Å². The fourth-order valence-corrected chi connectivity index (χ4v) is 5.65. The van der Waals surface area contributed by atoms with Crippen LogP contribution in [0.5, 0.6) is 5.75 Å². The molecule has 12 nitrogen and oxygen atoms in total. The Hall–Kier alpha value is -4.85. The summed E-state index contributed by atoms with van der Waals surface area (Å²) in [6, 6.07) is 18.9. The average molecular weight is 660 g/mol. The van der Waals surface area contributed by atoms with E-state index in [4.69, 9.17) is 9.47 Å². The van der Waals surface area contributed by atoms with Gasteiger partial charge in [0.1, 0.15) is 12.4 Å². The number of rotatable bonds is 11. The Balaban J connectivity index is 1.35. The number of carbonyl (C=O) groups excluding carboxylic acids is 1. The molecule has 13 heteroatoms. The van der Waals surface area contributed by atoms with E-state index < -0.39 is 10.0 Å². The third kappa shape index (κ3) is 7.94. The number of methoxy groups -OCH3 is 1. The summed E-state index contributed by atoms with van der Waals surface area (Å²) < 4.78 is 40.2. The van der Waals surface area contributed by atoms with Crippen molar-refractivity contribution in [1.82, 2.24) is 20.5 Å². The molecule has 0 saturated heterocycles. The van der Waals surface area contributed by atoms with Gasteiger partial charge >= 0.3 is 0 Å². The van der Waals surface area contributed by atoms with E-state index in [0.29, 0.717) is 24.5 Å². The van der Waals surface area contributed by atoms with Crippen LogP contribution in [0.4, 0.5) is 17.1 Å². The summed E-state index contributed by atoms with van der Waals surface area (Å²) in [6.45, 7) is 8.82. The van der Waals surface area contributed by atoms with Crippen LogP contribution in [0.1, 0.15) is 59.3 Å². The molecule has 2 heterocycles. The Labute approximate surface area is 275 Å². The van der Waals surface area contributed by atoms with Crippen molar-refractivity contribution in [3.05, 3.63) is 107 Å². The molecule has 0 spiro atoms. The lowest BCUT2D eigenvalue weighted by atomic mass is 9.86. The lowest BCUT2D eigenvalue weighted by Gasteiger charge is -2.24.